The van der Waals surface area contributed by atoms with Crippen molar-refractivity contribution in [1.29, 1.82) is 0 Å². The molecule has 1 atom stereocenters. The van der Waals surface area contributed by atoms with Gasteiger partial charge in [0, 0.05) is 6.07 Å². The van der Waals surface area contributed by atoms with E-state index in [4.69, 9.17) is 0 Å². The summed E-state index contributed by atoms with van der Waals surface area (Å²) in [6.45, 7) is 1.58. The van der Waals surface area contributed by atoms with Crippen molar-refractivity contribution in [1.82, 2.24) is 9.97 Å². The first-order valence-electron chi connectivity index (χ1n) is 6.84. The Morgan fingerprint density at radius 1 is 1.38 bits per heavy atom. The number of hydrogen-bond acceptors (Lipinski definition) is 5. The van der Waals surface area contributed by atoms with E-state index in [1.54, 1.807) is 18.4 Å². The summed E-state index contributed by atoms with van der Waals surface area (Å²) < 4.78 is 26.7. The molecule has 0 spiro atoms. The molecule has 0 aliphatic carbocycles. The van der Waals surface area contributed by atoms with Crippen LogP contribution >= 0.6 is 23.1 Å². The molecule has 0 bridgehead atoms. The van der Waals surface area contributed by atoms with Gasteiger partial charge in [-0.3, -0.25) is 9.59 Å². The van der Waals surface area contributed by atoms with Crippen molar-refractivity contribution in [2.24, 2.45) is 0 Å². The molecule has 2 N–H and O–H groups in total. The number of hydrogen-bond donors (Lipinski definition) is 2. The lowest BCUT2D eigenvalue weighted by molar-refractivity contribution is -0.115. The lowest BCUT2D eigenvalue weighted by atomic mass is 10.3. The number of nitrogens with zero attached hydrogens (tertiary/aromatic N) is 1. The molecule has 2 aromatic heterocycles. The first kappa shape index (κ1) is 16.6. The van der Waals surface area contributed by atoms with Crippen molar-refractivity contribution in [2.45, 2.75) is 17.3 Å². The van der Waals surface area contributed by atoms with Gasteiger partial charge < -0.3 is 10.3 Å². The highest BCUT2D eigenvalue weighted by molar-refractivity contribution is 8.00. The summed E-state index contributed by atoms with van der Waals surface area (Å²) in [5.74, 6) is -1.91. The Bertz CT molecular complexity index is 971. The highest BCUT2D eigenvalue weighted by atomic mass is 32.2. The average molecular weight is 367 g/mol. The molecule has 3 aromatic rings. The van der Waals surface area contributed by atoms with Gasteiger partial charge in [-0.1, -0.05) is 11.8 Å². The minimum Gasteiger partial charge on any atom is -0.323 e. The highest BCUT2D eigenvalue weighted by Gasteiger charge is 2.18. The van der Waals surface area contributed by atoms with E-state index in [0.717, 1.165) is 30.0 Å². The summed E-state index contributed by atoms with van der Waals surface area (Å²) in [7, 11) is 0. The molecule has 0 saturated carbocycles. The first-order chi connectivity index (χ1) is 11.4. The fraction of sp³-hybridized carbons (Fsp3) is 0.133. The quantitative estimate of drug-likeness (QED) is 0.548. The predicted molar refractivity (Wildman–Crippen MR) is 90.5 cm³/mol. The maximum Gasteiger partial charge on any atom is 0.260 e. The number of aromatic nitrogens is 2. The number of thiophene rings is 1. The summed E-state index contributed by atoms with van der Waals surface area (Å²) >= 11 is 2.35. The van der Waals surface area contributed by atoms with Gasteiger partial charge in [-0.2, -0.15) is 0 Å². The van der Waals surface area contributed by atoms with Crippen LogP contribution in [0.5, 0.6) is 0 Å². The molecule has 124 valence electrons. The number of nitrogens with one attached hydrogen (secondary N) is 2. The first-order valence-corrected chi connectivity index (χ1v) is 8.60. The van der Waals surface area contributed by atoms with Crippen LogP contribution in [-0.4, -0.2) is 21.1 Å². The standard InChI is InChI=1S/C15H11F2N3O2S2/c1-7(12(21)18-11-6-8(16)2-3-10(11)17)24-15-19-13(22)9-4-5-23-14(9)20-15/h2-7H,1H3,(H,18,21)(H,19,20,22)/t7-/m1/s1. The fourth-order valence-electron chi connectivity index (χ4n) is 1.95. The third kappa shape index (κ3) is 3.46. The molecule has 0 aliphatic rings. The number of anilines is 1. The van der Waals surface area contributed by atoms with Gasteiger partial charge in [-0.25, -0.2) is 13.8 Å². The van der Waals surface area contributed by atoms with Gasteiger partial charge in [0.25, 0.3) is 5.56 Å². The zero-order valence-electron chi connectivity index (χ0n) is 12.3. The van der Waals surface area contributed by atoms with Crippen molar-refractivity contribution in [2.75, 3.05) is 5.32 Å². The molecule has 9 heteroatoms. The molecular formula is C15H11F2N3O2S2. The minimum atomic E-state index is -0.728. The summed E-state index contributed by atoms with van der Waals surface area (Å²) in [5, 5.41) is 4.19. The molecule has 2 heterocycles. The van der Waals surface area contributed by atoms with Crippen LogP contribution in [0.25, 0.3) is 10.2 Å². The molecule has 3 rings (SSSR count). The molecule has 5 nitrogen and oxygen atoms in total. The number of H-pyrrole nitrogens is 1. The van der Waals surface area contributed by atoms with E-state index in [2.05, 4.69) is 15.3 Å². The van der Waals surface area contributed by atoms with E-state index >= 15 is 0 Å². The number of carbonyl (C=O) groups excluding carboxylic acids is 1. The van der Waals surface area contributed by atoms with Gasteiger partial charge in [0.05, 0.1) is 16.3 Å². The van der Waals surface area contributed by atoms with Gasteiger partial charge in [0.2, 0.25) is 5.91 Å². The lowest BCUT2D eigenvalue weighted by Crippen LogP contribution is -2.23. The largest absolute Gasteiger partial charge is 0.323 e. The zero-order chi connectivity index (χ0) is 17.3. The van der Waals surface area contributed by atoms with Crippen molar-refractivity contribution >= 4 is 44.9 Å². The van der Waals surface area contributed by atoms with Crippen LogP contribution in [0.15, 0.2) is 39.6 Å². The second kappa shape index (κ2) is 6.70. The van der Waals surface area contributed by atoms with Crippen molar-refractivity contribution in [3.63, 3.8) is 0 Å². The maximum atomic E-state index is 13.6. The summed E-state index contributed by atoms with van der Waals surface area (Å²) in [4.78, 5) is 31.5. The number of aromatic amines is 1. The number of fused-ring (bicyclic) bond motifs is 1. The molecule has 0 fully saturated rings. The van der Waals surface area contributed by atoms with Crippen molar-refractivity contribution < 1.29 is 13.6 Å². The van der Waals surface area contributed by atoms with E-state index in [1.807, 2.05) is 0 Å². The van der Waals surface area contributed by atoms with Gasteiger partial charge in [-0.05, 0) is 30.5 Å². The number of thioether (sulfide) groups is 1. The lowest BCUT2D eigenvalue weighted by Gasteiger charge is -2.12. The zero-order valence-corrected chi connectivity index (χ0v) is 13.9. The van der Waals surface area contributed by atoms with Gasteiger partial charge in [-0.15, -0.1) is 11.3 Å². The molecule has 1 aromatic carbocycles. The second-order valence-corrected chi connectivity index (χ2v) is 7.11. The molecule has 0 aliphatic heterocycles. The van der Waals surface area contributed by atoms with Crippen LogP contribution in [0.1, 0.15) is 6.92 Å². The Morgan fingerprint density at radius 3 is 2.96 bits per heavy atom. The van der Waals surface area contributed by atoms with Crippen molar-refractivity contribution in [3.05, 3.63) is 51.6 Å². The molecule has 1 amide bonds. The average Bonchev–Trinajstić information content (AvgIpc) is 2.99. The molecule has 0 unspecified atom stereocenters. The van der Waals surface area contributed by atoms with E-state index in [9.17, 15) is 18.4 Å². The van der Waals surface area contributed by atoms with Crippen LogP contribution in [-0.2, 0) is 4.79 Å². The Kier molecular flexibility index (Phi) is 4.63. The second-order valence-electron chi connectivity index (χ2n) is 4.88. The topological polar surface area (TPSA) is 74.8 Å². The van der Waals surface area contributed by atoms with Gasteiger partial charge in [0.1, 0.15) is 16.5 Å². The Hall–Kier alpha value is -2.26. The number of carbonyl (C=O) groups is 1. The summed E-state index contributed by atoms with van der Waals surface area (Å²) in [6.07, 6.45) is 0. The number of benzene rings is 1. The van der Waals surface area contributed by atoms with Crippen LogP contribution in [0.2, 0.25) is 0 Å². The van der Waals surface area contributed by atoms with Crippen LogP contribution in [0.3, 0.4) is 0 Å². The SMILES string of the molecule is C[C@@H](Sc1nc2sccc2c(=O)[nH]1)C(=O)Nc1cc(F)ccc1F. The summed E-state index contributed by atoms with van der Waals surface area (Å²) in [6, 6.07) is 4.48. The van der Waals surface area contributed by atoms with Crippen molar-refractivity contribution in [3.8, 4) is 0 Å². The predicted octanol–water partition coefficient (Wildman–Crippen LogP) is 3.38. The third-order valence-electron chi connectivity index (χ3n) is 3.16. The fourth-order valence-corrected chi connectivity index (χ4v) is 3.57. The maximum absolute atomic E-state index is 13.6. The van der Waals surface area contributed by atoms with Gasteiger partial charge >= 0.3 is 0 Å². The van der Waals surface area contributed by atoms with Gasteiger partial charge in [0.15, 0.2) is 5.16 Å². The van der Waals surface area contributed by atoms with Crippen LogP contribution < -0.4 is 10.9 Å². The molecule has 0 saturated heterocycles. The highest BCUT2D eigenvalue weighted by Crippen LogP contribution is 2.24. The molecule has 0 radical (unpaired) electrons. The number of amides is 1. The third-order valence-corrected chi connectivity index (χ3v) is 4.95. The van der Waals surface area contributed by atoms with Crippen LogP contribution in [0.4, 0.5) is 14.5 Å². The van der Waals surface area contributed by atoms with E-state index < -0.39 is 22.8 Å². The Labute approximate surface area is 143 Å². The molecular weight excluding hydrogens is 356 g/mol. The van der Waals surface area contributed by atoms with E-state index in [0.29, 0.717) is 10.2 Å². The molecule has 24 heavy (non-hydrogen) atoms. The van der Waals surface area contributed by atoms with E-state index in [1.165, 1.54) is 11.3 Å². The Morgan fingerprint density at radius 2 is 2.17 bits per heavy atom. The number of halogens is 2. The Balaban J connectivity index is 1.75. The number of rotatable bonds is 4. The monoisotopic (exact) mass is 367 g/mol. The normalized spacial score (nSPS) is 12.3. The summed E-state index contributed by atoms with van der Waals surface area (Å²) in [5.41, 5.74) is -0.518. The van der Waals surface area contributed by atoms with Crippen LogP contribution in [0, 0.1) is 11.6 Å². The smallest absolute Gasteiger partial charge is 0.260 e. The van der Waals surface area contributed by atoms with E-state index in [-0.39, 0.29) is 16.4 Å². The minimum absolute atomic E-state index is 0.234.